The summed E-state index contributed by atoms with van der Waals surface area (Å²) >= 11 is 3.40. The van der Waals surface area contributed by atoms with Crippen LogP contribution in [0.1, 0.15) is 25.3 Å². The molecule has 0 saturated heterocycles. The molecule has 2 N–H and O–H groups in total. The molecule has 1 aromatic carbocycles. The lowest BCUT2D eigenvalue weighted by molar-refractivity contribution is -0.116. The molecule has 1 amide bonds. The van der Waals surface area contributed by atoms with Gasteiger partial charge in [0.2, 0.25) is 5.91 Å². The SMILES string of the molecule is Cc1cc(NC(=O)CCC(C)O)ccc1Br. The van der Waals surface area contributed by atoms with E-state index in [0.29, 0.717) is 12.8 Å². The van der Waals surface area contributed by atoms with Gasteiger partial charge in [-0.25, -0.2) is 0 Å². The van der Waals surface area contributed by atoms with Gasteiger partial charge < -0.3 is 10.4 Å². The van der Waals surface area contributed by atoms with E-state index < -0.39 is 6.10 Å². The molecule has 0 aliphatic carbocycles. The van der Waals surface area contributed by atoms with E-state index in [1.807, 2.05) is 25.1 Å². The molecule has 0 radical (unpaired) electrons. The van der Waals surface area contributed by atoms with E-state index in [9.17, 15) is 4.79 Å². The minimum atomic E-state index is -0.433. The highest BCUT2D eigenvalue weighted by Crippen LogP contribution is 2.20. The number of anilines is 1. The highest BCUT2D eigenvalue weighted by Gasteiger charge is 2.05. The van der Waals surface area contributed by atoms with Gasteiger partial charge in [-0.1, -0.05) is 15.9 Å². The molecular weight excluding hydrogens is 270 g/mol. The van der Waals surface area contributed by atoms with Crippen molar-refractivity contribution in [1.82, 2.24) is 0 Å². The number of nitrogens with one attached hydrogen (secondary N) is 1. The first-order valence-corrected chi connectivity index (χ1v) is 6.02. The van der Waals surface area contributed by atoms with Crippen molar-refractivity contribution >= 4 is 27.5 Å². The molecular formula is C12H16BrNO2. The first-order valence-electron chi connectivity index (χ1n) is 5.23. The second-order valence-corrected chi connectivity index (χ2v) is 4.75. The van der Waals surface area contributed by atoms with Gasteiger partial charge in [0.1, 0.15) is 0 Å². The van der Waals surface area contributed by atoms with Crippen LogP contribution in [0.15, 0.2) is 22.7 Å². The number of aryl methyl sites for hydroxylation is 1. The summed E-state index contributed by atoms with van der Waals surface area (Å²) in [5.41, 5.74) is 1.87. The van der Waals surface area contributed by atoms with E-state index in [1.54, 1.807) is 6.92 Å². The smallest absolute Gasteiger partial charge is 0.224 e. The van der Waals surface area contributed by atoms with E-state index >= 15 is 0 Å². The molecule has 0 bridgehead atoms. The van der Waals surface area contributed by atoms with Crippen molar-refractivity contribution in [3.8, 4) is 0 Å². The number of carbonyl (C=O) groups is 1. The molecule has 3 nitrogen and oxygen atoms in total. The second kappa shape index (κ2) is 6.01. The molecule has 0 aliphatic heterocycles. The molecule has 0 fully saturated rings. The van der Waals surface area contributed by atoms with Crippen molar-refractivity contribution in [2.75, 3.05) is 5.32 Å². The van der Waals surface area contributed by atoms with Crippen LogP contribution in [0.2, 0.25) is 0 Å². The van der Waals surface area contributed by atoms with Gasteiger partial charge in [-0.3, -0.25) is 4.79 Å². The normalized spacial score (nSPS) is 12.2. The number of aliphatic hydroxyl groups excluding tert-OH is 1. The zero-order valence-corrected chi connectivity index (χ0v) is 11.0. The Bertz CT molecular complexity index is 377. The molecule has 1 aromatic rings. The number of amides is 1. The third-order valence-corrected chi connectivity index (χ3v) is 3.12. The predicted molar refractivity (Wildman–Crippen MR) is 68.4 cm³/mol. The summed E-state index contributed by atoms with van der Waals surface area (Å²) < 4.78 is 1.02. The van der Waals surface area contributed by atoms with Gasteiger partial charge in [-0.2, -0.15) is 0 Å². The maximum Gasteiger partial charge on any atom is 0.224 e. The number of rotatable bonds is 4. The Labute approximate surface area is 104 Å². The monoisotopic (exact) mass is 285 g/mol. The molecule has 0 saturated carbocycles. The summed E-state index contributed by atoms with van der Waals surface area (Å²) in [4.78, 5) is 11.5. The number of hydrogen-bond acceptors (Lipinski definition) is 2. The molecule has 16 heavy (non-hydrogen) atoms. The van der Waals surface area contributed by atoms with E-state index in [0.717, 1.165) is 15.7 Å². The van der Waals surface area contributed by atoms with E-state index in [-0.39, 0.29) is 5.91 Å². The lowest BCUT2D eigenvalue weighted by atomic mass is 10.2. The average molecular weight is 286 g/mol. The second-order valence-electron chi connectivity index (χ2n) is 3.90. The van der Waals surface area contributed by atoms with Crippen molar-refractivity contribution in [3.05, 3.63) is 28.2 Å². The maximum atomic E-state index is 11.5. The van der Waals surface area contributed by atoms with Crippen LogP contribution in [0.25, 0.3) is 0 Å². The van der Waals surface area contributed by atoms with Crippen LogP contribution in [0.4, 0.5) is 5.69 Å². The Morgan fingerprint density at radius 1 is 1.56 bits per heavy atom. The highest BCUT2D eigenvalue weighted by atomic mass is 79.9. The van der Waals surface area contributed by atoms with Crippen molar-refractivity contribution < 1.29 is 9.90 Å². The van der Waals surface area contributed by atoms with Crippen molar-refractivity contribution in [2.45, 2.75) is 32.8 Å². The van der Waals surface area contributed by atoms with Gasteiger partial charge >= 0.3 is 0 Å². The fraction of sp³-hybridized carbons (Fsp3) is 0.417. The molecule has 0 heterocycles. The fourth-order valence-corrected chi connectivity index (χ4v) is 1.53. The Morgan fingerprint density at radius 2 is 2.25 bits per heavy atom. The van der Waals surface area contributed by atoms with Crippen LogP contribution < -0.4 is 5.32 Å². The molecule has 0 aromatic heterocycles. The van der Waals surface area contributed by atoms with Crippen LogP contribution in [-0.4, -0.2) is 17.1 Å². The first-order chi connectivity index (χ1) is 7.49. The van der Waals surface area contributed by atoms with Gasteiger partial charge in [-0.05, 0) is 44.0 Å². The first kappa shape index (κ1) is 13.2. The van der Waals surface area contributed by atoms with Crippen molar-refractivity contribution in [2.24, 2.45) is 0 Å². The Hall–Kier alpha value is -0.870. The van der Waals surface area contributed by atoms with Gasteiger partial charge in [0.15, 0.2) is 0 Å². The van der Waals surface area contributed by atoms with Gasteiger partial charge in [0.05, 0.1) is 6.10 Å². The van der Waals surface area contributed by atoms with Crippen LogP contribution in [0, 0.1) is 6.92 Å². The number of aliphatic hydroxyl groups is 1. The lowest BCUT2D eigenvalue weighted by Gasteiger charge is -2.07. The van der Waals surface area contributed by atoms with Crippen LogP contribution >= 0.6 is 15.9 Å². The molecule has 1 atom stereocenters. The quantitative estimate of drug-likeness (QED) is 0.894. The largest absolute Gasteiger partial charge is 0.393 e. The maximum absolute atomic E-state index is 11.5. The minimum Gasteiger partial charge on any atom is -0.393 e. The number of carbonyl (C=O) groups excluding carboxylic acids is 1. The molecule has 0 spiro atoms. The number of benzene rings is 1. The average Bonchev–Trinajstić information content (AvgIpc) is 2.21. The molecule has 0 aliphatic rings. The molecule has 1 unspecified atom stereocenters. The Morgan fingerprint density at radius 3 is 2.81 bits per heavy atom. The summed E-state index contributed by atoms with van der Waals surface area (Å²) in [6.45, 7) is 3.65. The van der Waals surface area contributed by atoms with E-state index in [2.05, 4.69) is 21.2 Å². The van der Waals surface area contributed by atoms with Gasteiger partial charge in [0.25, 0.3) is 0 Å². The zero-order valence-electron chi connectivity index (χ0n) is 9.46. The predicted octanol–water partition coefficient (Wildman–Crippen LogP) is 2.86. The summed E-state index contributed by atoms with van der Waals surface area (Å²) in [5, 5.41) is 11.9. The Kier molecular flexibility index (Phi) is 4.96. The zero-order chi connectivity index (χ0) is 12.1. The number of halogens is 1. The van der Waals surface area contributed by atoms with Crippen molar-refractivity contribution in [1.29, 1.82) is 0 Å². The summed E-state index contributed by atoms with van der Waals surface area (Å²) in [5.74, 6) is -0.0670. The van der Waals surface area contributed by atoms with Crippen LogP contribution in [0.5, 0.6) is 0 Å². The highest BCUT2D eigenvalue weighted by molar-refractivity contribution is 9.10. The Balaban J connectivity index is 2.53. The number of hydrogen-bond donors (Lipinski definition) is 2. The van der Waals surface area contributed by atoms with Crippen LogP contribution in [-0.2, 0) is 4.79 Å². The van der Waals surface area contributed by atoms with Gasteiger partial charge in [-0.15, -0.1) is 0 Å². The van der Waals surface area contributed by atoms with E-state index in [4.69, 9.17) is 5.11 Å². The minimum absolute atomic E-state index is 0.0670. The van der Waals surface area contributed by atoms with Gasteiger partial charge in [0, 0.05) is 16.6 Å². The summed E-state index contributed by atoms with van der Waals surface area (Å²) in [6, 6.07) is 5.65. The molecule has 88 valence electrons. The third kappa shape index (κ3) is 4.33. The fourth-order valence-electron chi connectivity index (χ4n) is 1.29. The summed E-state index contributed by atoms with van der Waals surface area (Å²) in [7, 11) is 0. The standard InChI is InChI=1S/C12H16BrNO2/c1-8-7-10(4-5-11(8)13)14-12(16)6-3-9(2)15/h4-5,7,9,15H,3,6H2,1-2H3,(H,14,16). The summed E-state index contributed by atoms with van der Waals surface area (Å²) in [6.07, 6.45) is 0.395. The molecule has 1 rings (SSSR count). The van der Waals surface area contributed by atoms with Crippen LogP contribution in [0.3, 0.4) is 0 Å². The lowest BCUT2D eigenvalue weighted by Crippen LogP contribution is -2.14. The topological polar surface area (TPSA) is 49.3 Å². The molecule has 4 heteroatoms. The van der Waals surface area contributed by atoms with E-state index in [1.165, 1.54) is 0 Å². The third-order valence-electron chi connectivity index (χ3n) is 2.23. The van der Waals surface area contributed by atoms with Crippen molar-refractivity contribution in [3.63, 3.8) is 0 Å².